The molecule has 0 aliphatic carbocycles. The van der Waals surface area contributed by atoms with Gasteiger partial charge in [-0.15, -0.1) is 0 Å². The molecular formula is C18H25N3O2. The van der Waals surface area contributed by atoms with Crippen LogP contribution in [0.3, 0.4) is 0 Å². The number of amides is 1. The number of rotatable bonds is 4. The lowest BCUT2D eigenvalue weighted by Gasteiger charge is -2.17. The summed E-state index contributed by atoms with van der Waals surface area (Å²) < 4.78 is 1.57. The zero-order valence-corrected chi connectivity index (χ0v) is 14.6. The van der Waals surface area contributed by atoms with Crippen LogP contribution >= 0.6 is 0 Å². The first-order valence-electron chi connectivity index (χ1n) is 7.90. The van der Waals surface area contributed by atoms with Crippen LogP contribution in [-0.2, 0) is 18.3 Å². The van der Waals surface area contributed by atoms with Crippen molar-refractivity contribution in [3.05, 3.63) is 39.9 Å². The molecule has 0 aliphatic rings. The summed E-state index contributed by atoms with van der Waals surface area (Å²) in [5, 5.41) is 3.53. The summed E-state index contributed by atoms with van der Waals surface area (Å²) in [7, 11) is 1.73. The van der Waals surface area contributed by atoms with E-state index in [2.05, 4.69) is 10.3 Å². The van der Waals surface area contributed by atoms with Crippen LogP contribution in [0.5, 0.6) is 0 Å². The van der Waals surface area contributed by atoms with E-state index in [1.807, 2.05) is 45.9 Å². The van der Waals surface area contributed by atoms with Gasteiger partial charge in [0.15, 0.2) is 0 Å². The molecule has 0 aliphatic heterocycles. The quantitative estimate of drug-likeness (QED) is 0.942. The first kappa shape index (κ1) is 17.2. The second kappa shape index (κ2) is 6.52. The van der Waals surface area contributed by atoms with Gasteiger partial charge in [0.2, 0.25) is 5.91 Å². The lowest BCUT2D eigenvalue weighted by molar-refractivity contribution is -0.122. The molecule has 0 bridgehead atoms. The van der Waals surface area contributed by atoms with Gasteiger partial charge in [-0.3, -0.25) is 14.2 Å². The molecule has 0 saturated carbocycles. The molecule has 1 amide bonds. The number of carbonyl (C=O) groups excluding carboxylic acids is 1. The normalized spacial score (nSPS) is 11.7. The number of hydrogen-bond acceptors (Lipinski definition) is 3. The molecule has 1 heterocycles. The van der Waals surface area contributed by atoms with Gasteiger partial charge in [0.1, 0.15) is 5.82 Å². The number of aryl methyl sites for hydroxylation is 1. The fourth-order valence-corrected chi connectivity index (χ4v) is 2.51. The minimum atomic E-state index is -0.0466. The monoisotopic (exact) mass is 315 g/mol. The Hall–Kier alpha value is -2.17. The molecule has 0 saturated heterocycles. The molecule has 5 nitrogen and oxygen atoms in total. The Morgan fingerprint density at radius 3 is 2.65 bits per heavy atom. The van der Waals surface area contributed by atoms with E-state index in [4.69, 9.17) is 0 Å². The van der Waals surface area contributed by atoms with Crippen LogP contribution in [0.1, 0.15) is 38.6 Å². The van der Waals surface area contributed by atoms with E-state index in [1.165, 1.54) is 0 Å². The molecule has 23 heavy (non-hydrogen) atoms. The highest BCUT2D eigenvalue weighted by Crippen LogP contribution is 2.17. The average molecular weight is 315 g/mol. The van der Waals surface area contributed by atoms with Crippen molar-refractivity contribution >= 4 is 16.8 Å². The summed E-state index contributed by atoms with van der Waals surface area (Å²) in [5.74, 6) is 0.710. The maximum atomic E-state index is 12.4. The van der Waals surface area contributed by atoms with Crippen molar-refractivity contribution in [1.29, 1.82) is 0 Å². The van der Waals surface area contributed by atoms with Crippen molar-refractivity contribution in [3.63, 3.8) is 0 Å². The summed E-state index contributed by atoms with van der Waals surface area (Å²) in [6.45, 7) is 8.53. The second-order valence-corrected chi connectivity index (χ2v) is 7.25. The van der Waals surface area contributed by atoms with Crippen LogP contribution in [0.4, 0.5) is 0 Å². The Morgan fingerprint density at radius 2 is 2.00 bits per heavy atom. The second-order valence-electron chi connectivity index (χ2n) is 7.25. The highest BCUT2D eigenvalue weighted by atomic mass is 16.1. The van der Waals surface area contributed by atoms with Crippen LogP contribution in [0.25, 0.3) is 10.9 Å². The van der Waals surface area contributed by atoms with Gasteiger partial charge in [0.25, 0.3) is 5.56 Å². The molecule has 0 spiro atoms. The maximum Gasteiger partial charge on any atom is 0.261 e. The summed E-state index contributed by atoms with van der Waals surface area (Å²) in [4.78, 5) is 28.8. The van der Waals surface area contributed by atoms with Crippen molar-refractivity contribution in [2.75, 3.05) is 6.54 Å². The molecule has 124 valence electrons. The van der Waals surface area contributed by atoms with Crippen molar-refractivity contribution in [2.45, 2.75) is 40.5 Å². The van der Waals surface area contributed by atoms with E-state index in [9.17, 15) is 9.59 Å². The number of carbonyl (C=O) groups is 1. The predicted octanol–water partition coefficient (Wildman–Crippen LogP) is 2.34. The molecule has 1 aromatic heterocycles. The van der Waals surface area contributed by atoms with Gasteiger partial charge in [-0.1, -0.05) is 32.4 Å². The lowest BCUT2D eigenvalue weighted by Crippen LogP contribution is -2.31. The van der Waals surface area contributed by atoms with Gasteiger partial charge in [-0.2, -0.15) is 0 Å². The minimum absolute atomic E-state index is 0.0268. The van der Waals surface area contributed by atoms with Crippen molar-refractivity contribution in [3.8, 4) is 0 Å². The van der Waals surface area contributed by atoms with E-state index in [1.54, 1.807) is 11.6 Å². The number of nitrogens with one attached hydrogen (secondary N) is 1. The minimum Gasteiger partial charge on any atom is -0.356 e. The third-order valence-corrected chi connectivity index (χ3v) is 3.69. The number of benzene rings is 1. The third kappa shape index (κ3) is 4.41. The number of hydrogen-bond donors (Lipinski definition) is 1. The van der Waals surface area contributed by atoms with E-state index >= 15 is 0 Å². The van der Waals surface area contributed by atoms with E-state index in [0.717, 1.165) is 5.56 Å². The first-order chi connectivity index (χ1) is 10.7. The summed E-state index contributed by atoms with van der Waals surface area (Å²) in [6, 6.07) is 5.68. The molecule has 5 heteroatoms. The highest BCUT2D eigenvalue weighted by Gasteiger charge is 2.15. The summed E-state index contributed by atoms with van der Waals surface area (Å²) in [6.07, 6.45) is 1.02. The summed E-state index contributed by atoms with van der Waals surface area (Å²) >= 11 is 0. The average Bonchev–Trinajstić information content (AvgIpc) is 2.43. The smallest absolute Gasteiger partial charge is 0.261 e. The lowest BCUT2D eigenvalue weighted by atomic mass is 9.92. The van der Waals surface area contributed by atoms with Crippen LogP contribution in [0.15, 0.2) is 23.0 Å². The molecule has 2 aromatic rings. The Balaban J connectivity index is 2.12. The molecule has 2 rings (SSSR count). The topological polar surface area (TPSA) is 64.0 Å². The largest absolute Gasteiger partial charge is 0.356 e. The van der Waals surface area contributed by atoms with E-state index in [0.29, 0.717) is 36.1 Å². The third-order valence-electron chi connectivity index (χ3n) is 3.69. The van der Waals surface area contributed by atoms with Crippen molar-refractivity contribution in [2.24, 2.45) is 12.5 Å². The first-order valence-corrected chi connectivity index (χ1v) is 7.90. The number of nitrogens with zero attached hydrogens (tertiary/aromatic N) is 2. The Bertz CT molecular complexity index is 785. The van der Waals surface area contributed by atoms with Crippen LogP contribution in [0, 0.1) is 12.3 Å². The van der Waals surface area contributed by atoms with Gasteiger partial charge >= 0.3 is 0 Å². The molecule has 1 aromatic carbocycles. The molecule has 0 radical (unpaired) electrons. The van der Waals surface area contributed by atoms with Gasteiger partial charge in [0, 0.05) is 26.4 Å². The summed E-state index contributed by atoms with van der Waals surface area (Å²) in [5.41, 5.74) is 1.67. The standard InChI is InChI=1S/C18H25N3O2/c1-12-6-7-14-13(10-12)17(23)21(5)15(20-14)8-9-19-16(22)11-18(2,3)4/h6-7,10H,8-9,11H2,1-5H3,(H,19,22). The van der Waals surface area contributed by atoms with E-state index < -0.39 is 0 Å². The molecule has 0 unspecified atom stereocenters. The van der Waals surface area contributed by atoms with Gasteiger partial charge < -0.3 is 5.32 Å². The molecule has 0 fully saturated rings. The van der Waals surface area contributed by atoms with Gasteiger partial charge in [-0.25, -0.2) is 4.98 Å². The predicted molar refractivity (Wildman–Crippen MR) is 92.5 cm³/mol. The SMILES string of the molecule is Cc1ccc2nc(CCNC(=O)CC(C)(C)C)n(C)c(=O)c2c1. The van der Waals surface area contributed by atoms with Crippen LogP contribution in [-0.4, -0.2) is 22.0 Å². The molecule has 0 atom stereocenters. The Morgan fingerprint density at radius 1 is 1.30 bits per heavy atom. The van der Waals surface area contributed by atoms with E-state index in [-0.39, 0.29) is 16.9 Å². The number of aromatic nitrogens is 2. The zero-order chi connectivity index (χ0) is 17.2. The van der Waals surface area contributed by atoms with Gasteiger partial charge in [0.05, 0.1) is 10.9 Å². The Kier molecular flexibility index (Phi) is 4.88. The molecular weight excluding hydrogens is 290 g/mol. The Labute approximate surface area is 136 Å². The van der Waals surface area contributed by atoms with Crippen LogP contribution < -0.4 is 10.9 Å². The van der Waals surface area contributed by atoms with Gasteiger partial charge in [-0.05, 0) is 24.5 Å². The molecule has 1 N–H and O–H groups in total. The fourth-order valence-electron chi connectivity index (χ4n) is 2.51. The van der Waals surface area contributed by atoms with Crippen LogP contribution in [0.2, 0.25) is 0 Å². The van der Waals surface area contributed by atoms with Crippen molar-refractivity contribution < 1.29 is 4.79 Å². The zero-order valence-electron chi connectivity index (χ0n) is 14.6. The maximum absolute atomic E-state index is 12.4. The highest BCUT2D eigenvalue weighted by molar-refractivity contribution is 5.78. The van der Waals surface area contributed by atoms with Crippen molar-refractivity contribution in [1.82, 2.24) is 14.9 Å². The number of fused-ring (bicyclic) bond motifs is 1. The fraction of sp³-hybridized carbons (Fsp3) is 0.500.